The van der Waals surface area contributed by atoms with Gasteiger partial charge in [0, 0.05) is 29.7 Å². The molecule has 1 aliphatic heterocycles. The van der Waals surface area contributed by atoms with Gasteiger partial charge in [-0.3, -0.25) is 10.1 Å². The van der Waals surface area contributed by atoms with Crippen molar-refractivity contribution in [3.63, 3.8) is 0 Å². The van der Waals surface area contributed by atoms with Crippen molar-refractivity contribution in [3.05, 3.63) is 94.1 Å². The third-order valence-corrected chi connectivity index (χ3v) is 6.31. The van der Waals surface area contributed by atoms with E-state index in [0.29, 0.717) is 19.6 Å². The molecule has 11 heteroatoms. The second-order valence-corrected chi connectivity index (χ2v) is 8.89. The van der Waals surface area contributed by atoms with Crippen LogP contribution in [0.15, 0.2) is 61.2 Å². The molecule has 2 unspecified atom stereocenters. The van der Waals surface area contributed by atoms with Crippen molar-refractivity contribution in [2.24, 2.45) is 11.8 Å². The quantitative estimate of drug-likeness (QED) is 0.348. The molecule has 0 amide bonds. The fraction of sp³-hybridized carbons (Fsp3) is 0.360. The van der Waals surface area contributed by atoms with Gasteiger partial charge in [-0.05, 0) is 42.2 Å². The SMILES string of the molecule is CC(CC1COC(C=Cc2ccc([N+](=O)[O-])cc2)OC1)C(O)(Cn1cncn1)c1ccc(F)cc1F. The third-order valence-electron chi connectivity index (χ3n) is 6.31. The summed E-state index contributed by atoms with van der Waals surface area (Å²) in [5, 5.41) is 26.5. The molecule has 0 spiro atoms. The van der Waals surface area contributed by atoms with Gasteiger partial charge in [0.25, 0.3) is 5.69 Å². The topological polar surface area (TPSA) is 113 Å². The lowest BCUT2D eigenvalue weighted by atomic mass is 9.77. The minimum atomic E-state index is -1.68. The van der Waals surface area contributed by atoms with Gasteiger partial charge in [0.1, 0.15) is 29.9 Å². The van der Waals surface area contributed by atoms with E-state index in [4.69, 9.17) is 9.47 Å². The Hall–Kier alpha value is -3.54. The number of aliphatic hydroxyl groups is 1. The van der Waals surface area contributed by atoms with Crippen molar-refractivity contribution >= 4 is 11.8 Å². The van der Waals surface area contributed by atoms with Crippen molar-refractivity contribution in [2.45, 2.75) is 31.8 Å². The van der Waals surface area contributed by atoms with Gasteiger partial charge in [-0.25, -0.2) is 18.4 Å². The maximum atomic E-state index is 14.7. The number of benzene rings is 2. The lowest BCUT2D eigenvalue weighted by Gasteiger charge is -2.38. The number of nitro groups is 1. The van der Waals surface area contributed by atoms with E-state index >= 15 is 0 Å². The second kappa shape index (κ2) is 11.0. The predicted octanol–water partition coefficient (Wildman–Crippen LogP) is 4.08. The fourth-order valence-corrected chi connectivity index (χ4v) is 4.31. The zero-order chi connectivity index (χ0) is 25.7. The summed E-state index contributed by atoms with van der Waals surface area (Å²) in [5.41, 5.74) is -0.923. The Morgan fingerprint density at radius 1 is 1.25 bits per heavy atom. The van der Waals surface area contributed by atoms with Gasteiger partial charge in [0.2, 0.25) is 0 Å². The molecule has 0 bridgehead atoms. The first-order valence-corrected chi connectivity index (χ1v) is 11.4. The highest BCUT2D eigenvalue weighted by molar-refractivity contribution is 5.52. The highest BCUT2D eigenvalue weighted by Gasteiger charge is 2.40. The first-order chi connectivity index (χ1) is 17.2. The summed E-state index contributed by atoms with van der Waals surface area (Å²) >= 11 is 0. The van der Waals surface area contributed by atoms with Crippen LogP contribution in [0.3, 0.4) is 0 Å². The highest BCUT2D eigenvalue weighted by atomic mass is 19.1. The van der Waals surface area contributed by atoms with E-state index in [1.54, 1.807) is 31.2 Å². The summed E-state index contributed by atoms with van der Waals surface area (Å²) < 4.78 is 41.2. The summed E-state index contributed by atoms with van der Waals surface area (Å²) in [7, 11) is 0. The Morgan fingerprint density at radius 2 is 1.97 bits per heavy atom. The Morgan fingerprint density at radius 3 is 2.58 bits per heavy atom. The summed E-state index contributed by atoms with van der Waals surface area (Å²) in [6, 6.07) is 9.23. The Bertz CT molecular complexity index is 1200. The van der Waals surface area contributed by atoms with E-state index in [2.05, 4.69) is 10.1 Å². The third kappa shape index (κ3) is 5.99. The van der Waals surface area contributed by atoms with Gasteiger partial charge in [-0.2, -0.15) is 5.10 Å². The molecule has 4 rings (SSSR count). The average molecular weight is 501 g/mol. The molecule has 0 aliphatic carbocycles. The minimum absolute atomic E-state index is 0.0126. The Balaban J connectivity index is 1.39. The summed E-state index contributed by atoms with van der Waals surface area (Å²) in [5.74, 6) is -2.10. The van der Waals surface area contributed by atoms with E-state index in [1.165, 1.54) is 35.5 Å². The summed E-state index contributed by atoms with van der Waals surface area (Å²) in [4.78, 5) is 14.2. The summed E-state index contributed by atoms with van der Waals surface area (Å²) in [6.45, 7) is 2.43. The Kier molecular flexibility index (Phi) is 7.82. The number of nitro benzene ring substituents is 1. The fourth-order valence-electron chi connectivity index (χ4n) is 4.31. The molecule has 2 atom stereocenters. The lowest BCUT2D eigenvalue weighted by Crippen LogP contribution is -2.42. The largest absolute Gasteiger partial charge is 0.383 e. The van der Waals surface area contributed by atoms with Crippen LogP contribution in [0.1, 0.15) is 24.5 Å². The van der Waals surface area contributed by atoms with Gasteiger partial charge in [-0.1, -0.05) is 19.1 Å². The van der Waals surface area contributed by atoms with E-state index in [-0.39, 0.29) is 23.7 Å². The number of hydrogen-bond donors (Lipinski definition) is 1. The first kappa shape index (κ1) is 25.5. The van der Waals surface area contributed by atoms with Gasteiger partial charge in [-0.15, -0.1) is 0 Å². The molecule has 1 fully saturated rings. The van der Waals surface area contributed by atoms with Crippen LogP contribution >= 0.6 is 0 Å². The van der Waals surface area contributed by atoms with Gasteiger partial charge < -0.3 is 14.6 Å². The Labute approximate surface area is 206 Å². The number of halogens is 2. The predicted molar refractivity (Wildman–Crippen MR) is 125 cm³/mol. The van der Waals surface area contributed by atoms with Crippen LogP contribution in [-0.2, 0) is 21.6 Å². The zero-order valence-electron chi connectivity index (χ0n) is 19.5. The van der Waals surface area contributed by atoms with Gasteiger partial charge in [0.15, 0.2) is 6.29 Å². The van der Waals surface area contributed by atoms with Crippen LogP contribution in [0, 0.1) is 33.6 Å². The van der Waals surface area contributed by atoms with Crippen molar-refractivity contribution in [1.29, 1.82) is 0 Å². The van der Waals surface area contributed by atoms with Crippen LogP contribution in [0.5, 0.6) is 0 Å². The van der Waals surface area contributed by atoms with Crippen LogP contribution in [0.25, 0.3) is 6.08 Å². The molecule has 1 aromatic heterocycles. The van der Waals surface area contributed by atoms with Crippen molar-refractivity contribution in [1.82, 2.24) is 14.8 Å². The minimum Gasteiger partial charge on any atom is -0.383 e. The molecule has 190 valence electrons. The molecule has 1 saturated heterocycles. The smallest absolute Gasteiger partial charge is 0.269 e. The highest BCUT2D eigenvalue weighted by Crippen LogP contribution is 2.37. The summed E-state index contributed by atoms with van der Waals surface area (Å²) in [6.07, 6.45) is 6.07. The number of hydrogen-bond acceptors (Lipinski definition) is 7. The van der Waals surface area contributed by atoms with E-state index in [1.807, 2.05) is 0 Å². The van der Waals surface area contributed by atoms with Crippen LogP contribution in [-0.4, -0.2) is 44.3 Å². The number of ether oxygens (including phenoxy) is 2. The van der Waals surface area contributed by atoms with Crippen molar-refractivity contribution in [3.8, 4) is 0 Å². The molecule has 3 aromatic rings. The molecule has 2 heterocycles. The van der Waals surface area contributed by atoms with Crippen LogP contribution < -0.4 is 0 Å². The van der Waals surface area contributed by atoms with Crippen LogP contribution in [0.2, 0.25) is 0 Å². The molecule has 36 heavy (non-hydrogen) atoms. The lowest BCUT2D eigenvalue weighted by molar-refractivity contribution is -0.384. The van der Waals surface area contributed by atoms with Crippen molar-refractivity contribution < 1.29 is 28.3 Å². The second-order valence-electron chi connectivity index (χ2n) is 8.89. The number of aromatic nitrogens is 3. The van der Waals surface area contributed by atoms with Gasteiger partial charge >= 0.3 is 0 Å². The first-order valence-electron chi connectivity index (χ1n) is 11.4. The number of rotatable bonds is 9. The molecular weight excluding hydrogens is 474 g/mol. The molecule has 9 nitrogen and oxygen atoms in total. The molecule has 0 saturated carbocycles. The van der Waals surface area contributed by atoms with Crippen LogP contribution in [0.4, 0.5) is 14.5 Å². The monoisotopic (exact) mass is 500 g/mol. The van der Waals surface area contributed by atoms with Gasteiger partial charge in [0.05, 0.1) is 24.7 Å². The standard InChI is InChI=1S/C25H26F2N4O5/c1-17(25(32,14-30-16-28-15-29-30)22-8-5-20(26)11-23(22)27)10-19-12-35-24(36-13-19)9-4-18-2-6-21(7-3-18)31(33)34/h2-9,11,15-17,19,24,32H,10,12-14H2,1H3. The normalized spacial score (nSPS) is 20.8. The molecule has 0 radical (unpaired) electrons. The molecular formula is C25H26F2N4O5. The molecule has 1 N–H and O–H groups in total. The molecule has 2 aromatic carbocycles. The van der Waals surface area contributed by atoms with E-state index in [9.17, 15) is 24.0 Å². The molecule has 1 aliphatic rings. The van der Waals surface area contributed by atoms with Crippen molar-refractivity contribution in [2.75, 3.05) is 13.2 Å². The number of nitrogens with zero attached hydrogens (tertiary/aromatic N) is 4. The average Bonchev–Trinajstić information content (AvgIpc) is 3.36. The maximum Gasteiger partial charge on any atom is 0.269 e. The van der Waals surface area contributed by atoms with E-state index in [0.717, 1.165) is 17.7 Å². The maximum absolute atomic E-state index is 14.7. The zero-order valence-corrected chi connectivity index (χ0v) is 19.5. The van der Waals surface area contributed by atoms with E-state index < -0.39 is 34.4 Å². The number of non-ortho nitro benzene ring substituents is 1.